The summed E-state index contributed by atoms with van der Waals surface area (Å²) in [4.78, 5) is 19.7. The first-order valence-corrected chi connectivity index (χ1v) is 11.4. The van der Waals surface area contributed by atoms with Gasteiger partial charge in [-0.2, -0.15) is 0 Å². The van der Waals surface area contributed by atoms with Gasteiger partial charge in [-0.3, -0.25) is 9.80 Å². The van der Waals surface area contributed by atoms with E-state index in [1.54, 1.807) is 24.1 Å². The van der Waals surface area contributed by atoms with Crippen molar-refractivity contribution in [2.24, 2.45) is 0 Å². The lowest BCUT2D eigenvalue weighted by Gasteiger charge is -2.27. The summed E-state index contributed by atoms with van der Waals surface area (Å²) < 4.78 is 13.9. The van der Waals surface area contributed by atoms with Crippen LogP contribution in [0.25, 0.3) is 16.5 Å². The maximum Gasteiger partial charge on any atom is 0.321 e. The first-order chi connectivity index (χ1) is 15.5. The van der Waals surface area contributed by atoms with Gasteiger partial charge in [-0.25, -0.2) is 9.18 Å². The minimum absolute atomic E-state index is 0.141. The van der Waals surface area contributed by atoms with Crippen molar-refractivity contribution in [3.8, 4) is 0 Å². The summed E-state index contributed by atoms with van der Waals surface area (Å²) in [6, 6.07) is 10.5. The van der Waals surface area contributed by atoms with E-state index in [1.165, 1.54) is 22.6 Å². The van der Waals surface area contributed by atoms with Crippen molar-refractivity contribution in [1.29, 1.82) is 0 Å². The van der Waals surface area contributed by atoms with Crippen LogP contribution in [0, 0.1) is 5.82 Å². The van der Waals surface area contributed by atoms with E-state index in [9.17, 15) is 9.18 Å². The van der Waals surface area contributed by atoms with Crippen molar-refractivity contribution in [3.63, 3.8) is 0 Å². The molecule has 1 unspecified atom stereocenters. The topological polar surface area (TPSA) is 51.4 Å². The quantitative estimate of drug-likeness (QED) is 0.558. The number of benzene rings is 2. The Bertz CT molecular complexity index is 1200. The van der Waals surface area contributed by atoms with Gasteiger partial charge in [0.25, 0.3) is 0 Å². The summed E-state index contributed by atoms with van der Waals surface area (Å²) in [7, 11) is 1.62. The number of nitrogens with zero attached hydrogens (tertiary/aromatic N) is 2. The van der Waals surface area contributed by atoms with E-state index in [0.29, 0.717) is 6.54 Å². The largest absolute Gasteiger partial charge is 0.361 e. The van der Waals surface area contributed by atoms with Crippen molar-refractivity contribution in [1.82, 2.24) is 15.2 Å². The molecule has 2 N–H and O–H groups in total. The van der Waals surface area contributed by atoms with Gasteiger partial charge in [0, 0.05) is 66.0 Å². The molecule has 3 heterocycles. The van der Waals surface area contributed by atoms with Crippen LogP contribution in [0.3, 0.4) is 0 Å². The second-order valence-electron chi connectivity index (χ2n) is 8.53. The zero-order chi connectivity index (χ0) is 22.2. The average Bonchev–Trinajstić information content (AvgIpc) is 3.38. The van der Waals surface area contributed by atoms with Crippen LogP contribution in [0.4, 0.5) is 14.9 Å². The highest BCUT2D eigenvalue weighted by Crippen LogP contribution is 2.39. The SMILES string of the molecule is CNC(=O)N1CC(CCN2CC=C(c3c[nH]c4cc(Cl)ccc34)CC2)c2cc(F)ccc21. The fourth-order valence-corrected chi connectivity index (χ4v) is 5.12. The molecule has 0 saturated carbocycles. The first kappa shape index (κ1) is 21.0. The zero-order valence-electron chi connectivity index (χ0n) is 18.0. The average molecular weight is 453 g/mol. The number of rotatable bonds is 4. The number of amides is 2. The Morgan fingerprint density at radius 1 is 1.28 bits per heavy atom. The molecule has 2 aromatic carbocycles. The summed E-state index contributed by atoms with van der Waals surface area (Å²) in [5, 5.41) is 4.62. The van der Waals surface area contributed by atoms with Gasteiger partial charge in [0.2, 0.25) is 0 Å². The molecule has 0 bridgehead atoms. The van der Waals surface area contributed by atoms with E-state index in [4.69, 9.17) is 11.6 Å². The molecule has 0 fully saturated rings. The van der Waals surface area contributed by atoms with Gasteiger partial charge in [0.05, 0.1) is 0 Å². The molecule has 166 valence electrons. The molecule has 7 heteroatoms. The van der Waals surface area contributed by atoms with Crippen LogP contribution in [0.15, 0.2) is 48.7 Å². The minimum atomic E-state index is -0.252. The number of H-pyrrole nitrogens is 1. The molecule has 2 aliphatic rings. The Hall–Kier alpha value is -2.83. The minimum Gasteiger partial charge on any atom is -0.361 e. The lowest BCUT2D eigenvalue weighted by molar-refractivity contribution is 0.248. The molecule has 1 aromatic heterocycles. The number of carbonyl (C=O) groups is 1. The molecule has 0 aliphatic carbocycles. The van der Waals surface area contributed by atoms with Gasteiger partial charge in [-0.1, -0.05) is 23.7 Å². The second kappa shape index (κ2) is 8.60. The Morgan fingerprint density at radius 2 is 2.16 bits per heavy atom. The Balaban J connectivity index is 1.25. The lowest BCUT2D eigenvalue weighted by Crippen LogP contribution is -2.37. The molecule has 0 radical (unpaired) electrons. The molecular weight excluding hydrogens is 427 g/mol. The number of halogens is 2. The van der Waals surface area contributed by atoms with Crippen LogP contribution in [0.1, 0.15) is 29.9 Å². The summed E-state index contributed by atoms with van der Waals surface area (Å²) >= 11 is 6.11. The fraction of sp³-hybridized carbons (Fsp3) is 0.320. The van der Waals surface area contributed by atoms with Gasteiger partial charge in [0.15, 0.2) is 0 Å². The number of hydrogen-bond acceptors (Lipinski definition) is 2. The maximum atomic E-state index is 13.9. The monoisotopic (exact) mass is 452 g/mol. The van der Waals surface area contributed by atoms with Crippen LogP contribution in [0.2, 0.25) is 5.02 Å². The highest BCUT2D eigenvalue weighted by Gasteiger charge is 2.32. The summed E-state index contributed by atoms with van der Waals surface area (Å²) in [5.74, 6) is -0.111. The number of nitrogens with one attached hydrogen (secondary N) is 2. The maximum absolute atomic E-state index is 13.9. The Morgan fingerprint density at radius 3 is 2.94 bits per heavy atom. The Kier molecular flexibility index (Phi) is 5.66. The van der Waals surface area contributed by atoms with Crippen molar-refractivity contribution in [3.05, 3.63) is 70.6 Å². The third kappa shape index (κ3) is 3.89. The van der Waals surface area contributed by atoms with Crippen molar-refractivity contribution in [2.45, 2.75) is 18.8 Å². The van der Waals surface area contributed by atoms with E-state index in [-0.39, 0.29) is 17.8 Å². The number of carbonyl (C=O) groups excluding carboxylic acids is 1. The number of urea groups is 1. The van der Waals surface area contributed by atoms with Crippen LogP contribution in [-0.4, -0.2) is 49.1 Å². The van der Waals surface area contributed by atoms with Gasteiger partial charge >= 0.3 is 6.03 Å². The number of aromatic amines is 1. The number of hydrogen-bond donors (Lipinski definition) is 2. The summed E-state index contributed by atoms with van der Waals surface area (Å²) in [6.45, 7) is 3.37. The van der Waals surface area contributed by atoms with Crippen LogP contribution in [-0.2, 0) is 0 Å². The molecule has 3 aromatic rings. The van der Waals surface area contributed by atoms with E-state index in [2.05, 4.69) is 33.5 Å². The predicted octanol–water partition coefficient (Wildman–Crippen LogP) is 5.38. The first-order valence-electron chi connectivity index (χ1n) is 11.0. The van der Waals surface area contributed by atoms with Gasteiger partial charge < -0.3 is 10.3 Å². The van der Waals surface area contributed by atoms with Crippen molar-refractivity contribution in [2.75, 3.05) is 38.1 Å². The van der Waals surface area contributed by atoms with Crippen LogP contribution < -0.4 is 10.2 Å². The van der Waals surface area contributed by atoms with Gasteiger partial charge in [-0.05, 0) is 60.9 Å². The zero-order valence-corrected chi connectivity index (χ0v) is 18.8. The molecule has 0 spiro atoms. The van der Waals surface area contributed by atoms with E-state index in [0.717, 1.165) is 54.3 Å². The molecule has 32 heavy (non-hydrogen) atoms. The third-order valence-electron chi connectivity index (χ3n) is 6.66. The molecule has 0 saturated heterocycles. The third-order valence-corrected chi connectivity index (χ3v) is 6.89. The summed E-state index contributed by atoms with van der Waals surface area (Å²) in [6.07, 6.45) is 6.24. The van der Waals surface area contributed by atoms with Crippen molar-refractivity contribution < 1.29 is 9.18 Å². The second-order valence-corrected chi connectivity index (χ2v) is 8.96. The van der Waals surface area contributed by atoms with Gasteiger partial charge in [0.1, 0.15) is 5.82 Å². The number of aromatic nitrogens is 1. The number of anilines is 1. The van der Waals surface area contributed by atoms with Crippen molar-refractivity contribution >= 4 is 39.8 Å². The molecule has 2 amide bonds. The lowest BCUT2D eigenvalue weighted by atomic mass is 9.96. The summed E-state index contributed by atoms with van der Waals surface area (Å²) in [5.41, 5.74) is 5.41. The predicted molar refractivity (Wildman–Crippen MR) is 128 cm³/mol. The van der Waals surface area contributed by atoms with E-state index < -0.39 is 0 Å². The molecule has 2 aliphatic heterocycles. The van der Waals surface area contributed by atoms with E-state index in [1.807, 2.05) is 12.1 Å². The molecule has 5 nitrogen and oxygen atoms in total. The van der Waals surface area contributed by atoms with Gasteiger partial charge in [-0.15, -0.1) is 0 Å². The smallest absolute Gasteiger partial charge is 0.321 e. The highest BCUT2D eigenvalue weighted by molar-refractivity contribution is 6.31. The van der Waals surface area contributed by atoms with Crippen LogP contribution >= 0.6 is 11.6 Å². The molecule has 5 rings (SSSR count). The molecular formula is C25H26ClFN4O. The van der Waals surface area contributed by atoms with E-state index >= 15 is 0 Å². The number of fused-ring (bicyclic) bond motifs is 2. The molecule has 1 atom stereocenters. The standard InChI is InChI=1S/C25H26ClFN4O/c1-28-25(32)31-15-17(21-13-19(27)3-5-24(21)31)8-11-30-9-6-16(7-10-30)22-14-29-23-12-18(26)2-4-20(22)23/h2-6,12-14,17,29H,7-11,15H2,1H3,(H,28,32). The highest BCUT2D eigenvalue weighted by atomic mass is 35.5. The normalized spacial score (nSPS) is 18.7. The fourth-order valence-electron chi connectivity index (χ4n) is 4.95. The Labute approximate surface area is 191 Å². The van der Waals surface area contributed by atoms with Crippen LogP contribution in [0.5, 0.6) is 0 Å².